The molecule has 0 aliphatic carbocycles. The van der Waals surface area contributed by atoms with Gasteiger partial charge in [0.05, 0.1) is 21.3 Å². The molecule has 0 saturated heterocycles. The number of hydrogen-bond donors (Lipinski definition) is 1. The lowest BCUT2D eigenvalue weighted by molar-refractivity contribution is -0.116. The van der Waals surface area contributed by atoms with Crippen LogP contribution in [0, 0.1) is 0 Å². The first-order valence-electron chi connectivity index (χ1n) is 9.22. The molecule has 0 spiro atoms. The van der Waals surface area contributed by atoms with Crippen LogP contribution < -0.4 is 19.5 Å². The molecule has 1 N–H and O–H groups in total. The summed E-state index contributed by atoms with van der Waals surface area (Å²) in [6.07, 6.45) is 0.821. The van der Waals surface area contributed by atoms with Crippen LogP contribution in [-0.2, 0) is 17.0 Å². The second kappa shape index (κ2) is 10.8. The molecule has 0 aliphatic heterocycles. The van der Waals surface area contributed by atoms with Gasteiger partial charge in [0.15, 0.2) is 15.8 Å². The number of carbonyl (C=O) groups excluding carboxylic acids is 1. The van der Waals surface area contributed by atoms with E-state index in [2.05, 4.69) is 27.6 Å². The predicted octanol–water partition coefficient (Wildman–Crippen LogP) is 4.43. The van der Waals surface area contributed by atoms with Crippen molar-refractivity contribution in [3.8, 4) is 17.2 Å². The van der Waals surface area contributed by atoms with Crippen molar-refractivity contribution in [3.63, 3.8) is 0 Å². The number of ether oxygens (including phenoxy) is 3. The molecule has 1 aromatic heterocycles. The molecule has 0 bridgehead atoms. The summed E-state index contributed by atoms with van der Waals surface area (Å²) in [5.41, 5.74) is 2.13. The predicted molar refractivity (Wildman–Crippen MR) is 119 cm³/mol. The summed E-state index contributed by atoms with van der Waals surface area (Å²) in [5, 5.41) is 11.5. The molecule has 0 unspecified atom stereocenters. The van der Waals surface area contributed by atoms with E-state index in [9.17, 15) is 4.79 Å². The fraction of sp³-hybridized carbons (Fsp3) is 0.286. The first kappa shape index (κ1) is 21.9. The lowest BCUT2D eigenvalue weighted by Crippen LogP contribution is -2.12. The van der Waals surface area contributed by atoms with Gasteiger partial charge in [-0.05, 0) is 29.7 Å². The summed E-state index contributed by atoms with van der Waals surface area (Å²) >= 11 is 2.97. The highest BCUT2D eigenvalue weighted by molar-refractivity contribution is 8.00. The monoisotopic (exact) mass is 445 g/mol. The zero-order valence-corrected chi connectivity index (χ0v) is 18.6. The summed E-state index contributed by atoms with van der Waals surface area (Å²) in [6, 6.07) is 13.8. The van der Waals surface area contributed by atoms with Gasteiger partial charge in [0.2, 0.25) is 16.8 Å². The van der Waals surface area contributed by atoms with Crippen molar-refractivity contribution < 1.29 is 19.0 Å². The van der Waals surface area contributed by atoms with E-state index in [0.29, 0.717) is 35.2 Å². The van der Waals surface area contributed by atoms with Crippen molar-refractivity contribution in [3.05, 3.63) is 53.6 Å². The van der Waals surface area contributed by atoms with Gasteiger partial charge in [-0.3, -0.25) is 4.79 Å². The second-order valence-corrected chi connectivity index (χ2v) is 8.43. The zero-order valence-electron chi connectivity index (χ0n) is 17.0. The molecule has 0 radical (unpaired) electrons. The summed E-state index contributed by atoms with van der Waals surface area (Å²) in [6.45, 7) is 0. The van der Waals surface area contributed by atoms with E-state index in [1.54, 1.807) is 33.1 Å². The molecule has 9 heteroatoms. The average Bonchev–Trinajstić information content (AvgIpc) is 3.23. The fourth-order valence-electron chi connectivity index (χ4n) is 2.76. The quantitative estimate of drug-likeness (QED) is 0.365. The van der Waals surface area contributed by atoms with Crippen LogP contribution in [0.15, 0.2) is 46.8 Å². The van der Waals surface area contributed by atoms with Gasteiger partial charge in [-0.25, -0.2) is 0 Å². The molecule has 30 heavy (non-hydrogen) atoms. The Morgan fingerprint density at radius 1 is 1.00 bits per heavy atom. The third-order valence-corrected chi connectivity index (χ3v) is 6.27. The van der Waals surface area contributed by atoms with Crippen LogP contribution in [0.1, 0.15) is 17.5 Å². The van der Waals surface area contributed by atoms with Gasteiger partial charge >= 0.3 is 0 Å². The Bertz CT molecular complexity index is 954. The minimum Gasteiger partial charge on any atom is -0.493 e. The van der Waals surface area contributed by atoms with Gasteiger partial charge in [0.1, 0.15) is 0 Å². The number of thioether (sulfide) groups is 1. The molecule has 158 valence electrons. The molecule has 0 atom stereocenters. The van der Waals surface area contributed by atoms with E-state index in [1.807, 2.05) is 30.3 Å². The minimum atomic E-state index is -0.125. The average molecular weight is 446 g/mol. The highest BCUT2D eigenvalue weighted by Gasteiger charge is 2.14. The Labute approximate surface area is 183 Å². The minimum absolute atomic E-state index is 0.125. The first-order chi connectivity index (χ1) is 14.6. The molecule has 7 nitrogen and oxygen atoms in total. The smallest absolute Gasteiger partial charge is 0.226 e. The molecular weight excluding hydrogens is 422 g/mol. The number of aryl methyl sites for hydroxylation is 1. The lowest BCUT2D eigenvalue weighted by Gasteiger charge is -2.14. The van der Waals surface area contributed by atoms with E-state index >= 15 is 0 Å². The molecule has 0 saturated carbocycles. The molecule has 1 amide bonds. The molecule has 1 heterocycles. The third-order valence-electron chi connectivity index (χ3n) is 4.22. The molecule has 2 aromatic carbocycles. The van der Waals surface area contributed by atoms with Crippen LogP contribution in [0.25, 0.3) is 0 Å². The number of aromatic nitrogens is 2. The SMILES string of the molecule is COc1cc(CCC(=O)Nc2nnc(SCc3ccccc3)s2)cc(OC)c1OC. The number of benzene rings is 2. The second-order valence-electron chi connectivity index (χ2n) is 6.23. The molecule has 3 rings (SSSR count). The molecule has 0 aliphatic rings. The van der Waals surface area contributed by atoms with Gasteiger partial charge < -0.3 is 19.5 Å². The molecular formula is C21H23N3O4S2. The zero-order chi connectivity index (χ0) is 21.3. The highest BCUT2D eigenvalue weighted by Crippen LogP contribution is 2.38. The first-order valence-corrected chi connectivity index (χ1v) is 11.0. The van der Waals surface area contributed by atoms with Crippen LogP contribution in [0.4, 0.5) is 5.13 Å². The van der Waals surface area contributed by atoms with Crippen LogP contribution in [-0.4, -0.2) is 37.4 Å². The maximum atomic E-state index is 12.3. The number of hydrogen-bond acceptors (Lipinski definition) is 8. The normalized spacial score (nSPS) is 10.5. The van der Waals surface area contributed by atoms with Crippen LogP contribution in [0.5, 0.6) is 17.2 Å². The van der Waals surface area contributed by atoms with Crippen molar-refractivity contribution in [1.82, 2.24) is 10.2 Å². The number of anilines is 1. The van der Waals surface area contributed by atoms with Crippen molar-refractivity contribution in [2.75, 3.05) is 26.6 Å². The number of methoxy groups -OCH3 is 3. The summed E-state index contributed by atoms with van der Waals surface area (Å²) in [4.78, 5) is 12.3. The maximum Gasteiger partial charge on any atom is 0.226 e. The van der Waals surface area contributed by atoms with E-state index in [1.165, 1.54) is 16.9 Å². The fourth-order valence-corrected chi connectivity index (χ4v) is 4.48. The van der Waals surface area contributed by atoms with Gasteiger partial charge in [-0.1, -0.05) is 53.4 Å². The summed E-state index contributed by atoms with van der Waals surface area (Å²) in [5.74, 6) is 2.35. The van der Waals surface area contributed by atoms with Crippen molar-refractivity contribution in [2.45, 2.75) is 22.9 Å². The van der Waals surface area contributed by atoms with E-state index in [4.69, 9.17) is 14.2 Å². The van der Waals surface area contributed by atoms with Crippen molar-refractivity contribution in [2.24, 2.45) is 0 Å². The highest BCUT2D eigenvalue weighted by atomic mass is 32.2. The van der Waals surface area contributed by atoms with Gasteiger partial charge in [0.25, 0.3) is 0 Å². The Morgan fingerprint density at radius 2 is 1.70 bits per heavy atom. The Kier molecular flexibility index (Phi) is 7.92. The molecule has 0 fully saturated rings. The molecule has 3 aromatic rings. The standard InChI is InChI=1S/C21H23N3O4S2/c1-26-16-11-15(12-17(27-2)19(16)28-3)9-10-18(25)22-20-23-24-21(30-20)29-13-14-7-5-4-6-8-14/h4-8,11-12H,9-10,13H2,1-3H3,(H,22,23,25). The van der Waals surface area contributed by atoms with Crippen molar-refractivity contribution in [1.29, 1.82) is 0 Å². The summed E-state index contributed by atoms with van der Waals surface area (Å²) < 4.78 is 16.9. The van der Waals surface area contributed by atoms with Crippen LogP contribution >= 0.6 is 23.1 Å². The van der Waals surface area contributed by atoms with E-state index < -0.39 is 0 Å². The van der Waals surface area contributed by atoms with Crippen LogP contribution in [0.3, 0.4) is 0 Å². The van der Waals surface area contributed by atoms with Gasteiger partial charge in [0, 0.05) is 12.2 Å². The number of carbonyl (C=O) groups is 1. The Morgan fingerprint density at radius 3 is 2.33 bits per heavy atom. The van der Waals surface area contributed by atoms with Gasteiger partial charge in [-0.15, -0.1) is 10.2 Å². The Balaban J connectivity index is 1.53. The van der Waals surface area contributed by atoms with Crippen LogP contribution in [0.2, 0.25) is 0 Å². The summed E-state index contributed by atoms with van der Waals surface area (Å²) in [7, 11) is 4.69. The number of nitrogens with zero attached hydrogens (tertiary/aromatic N) is 2. The van der Waals surface area contributed by atoms with Gasteiger partial charge in [-0.2, -0.15) is 0 Å². The Hall–Kier alpha value is -2.78. The lowest BCUT2D eigenvalue weighted by atomic mass is 10.1. The largest absolute Gasteiger partial charge is 0.493 e. The van der Waals surface area contributed by atoms with E-state index in [-0.39, 0.29) is 5.91 Å². The maximum absolute atomic E-state index is 12.3. The third kappa shape index (κ3) is 5.87. The number of nitrogens with one attached hydrogen (secondary N) is 1. The number of amides is 1. The van der Waals surface area contributed by atoms with E-state index in [0.717, 1.165) is 15.7 Å². The topological polar surface area (TPSA) is 82.6 Å². The van der Waals surface area contributed by atoms with Crippen molar-refractivity contribution >= 4 is 34.1 Å². The number of rotatable bonds is 10.